The van der Waals surface area contributed by atoms with Gasteiger partial charge in [-0.1, -0.05) is 36.4 Å². The Morgan fingerprint density at radius 3 is 2.08 bits per heavy atom. The summed E-state index contributed by atoms with van der Waals surface area (Å²) in [6.45, 7) is 0. The number of aromatic amines is 1. The van der Waals surface area contributed by atoms with Gasteiger partial charge in [-0.05, 0) is 41.0 Å². The average molecular weight is 345 g/mol. The van der Waals surface area contributed by atoms with E-state index in [1.54, 1.807) is 6.07 Å². The van der Waals surface area contributed by atoms with Gasteiger partial charge >= 0.3 is 5.97 Å². The number of hydrogen-bond acceptors (Lipinski definition) is 3. The van der Waals surface area contributed by atoms with Crippen LogP contribution in [0, 0.1) is 0 Å². The second kappa shape index (κ2) is 5.97. The van der Waals surface area contributed by atoms with Crippen molar-refractivity contribution >= 4 is 16.9 Å². The molecular formula is C21H15NO4. The Kier molecular flexibility index (Phi) is 3.62. The van der Waals surface area contributed by atoms with Crippen LogP contribution in [-0.2, 0) is 0 Å². The van der Waals surface area contributed by atoms with E-state index in [1.165, 1.54) is 18.3 Å². The molecule has 5 nitrogen and oxygen atoms in total. The molecule has 0 radical (unpaired) electrons. The highest BCUT2D eigenvalue weighted by atomic mass is 16.4. The number of aromatic hydroxyl groups is 2. The van der Waals surface area contributed by atoms with Crippen molar-refractivity contribution in [3.8, 4) is 33.8 Å². The van der Waals surface area contributed by atoms with Crippen LogP contribution in [0.5, 0.6) is 11.5 Å². The first kappa shape index (κ1) is 15.8. The zero-order valence-electron chi connectivity index (χ0n) is 13.6. The fourth-order valence-electron chi connectivity index (χ4n) is 3.13. The molecule has 0 aliphatic carbocycles. The molecule has 0 atom stereocenters. The van der Waals surface area contributed by atoms with Crippen molar-refractivity contribution in [3.63, 3.8) is 0 Å². The normalized spacial score (nSPS) is 10.9. The molecule has 4 rings (SSSR count). The highest BCUT2D eigenvalue weighted by Gasteiger charge is 2.12. The maximum absolute atomic E-state index is 11.3. The number of phenolic OH excluding ortho intramolecular Hbond substituents is 2. The van der Waals surface area contributed by atoms with E-state index in [-0.39, 0.29) is 17.1 Å². The van der Waals surface area contributed by atoms with Crippen LogP contribution in [0.2, 0.25) is 0 Å². The van der Waals surface area contributed by atoms with Gasteiger partial charge in [0.05, 0.1) is 11.1 Å². The predicted octanol–water partition coefficient (Wildman–Crippen LogP) is 4.61. The van der Waals surface area contributed by atoms with Crippen molar-refractivity contribution in [2.75, 3.05) is 0 Å². The minimum absolute atomic E-state index is 0.0117. The van der Waals surface area contributed by atoms with E-state index in [4.69, 9.17) is 0 Å². The number of rotatable bonds is 3. The van der Waals surface area contributed by atoms with Gasteiger partial charge in [0, 0.05) is 17.1 Å². The Morgan fingerprint density at radius 1 is 0.808 bits per heavy atom. The molecule has 0 aliphatic heterocycles. The van der Waals surface area contributed by atoms with Crippen molar-refractivity contribution < 1.29 is 20.1 Å². The lowest BCUT2D eigenvalue weighted by molar-refractivity contribution is 0.0699. The van der Waals surface area contributed by atoms with Crippen molar-refractivity contribution in [1.29, 1.82) is 0 Å². The summed E-state index contributed by atoms with van der Waals surface area (Å²) in [5.74, 6) is -0.950. The highest BCUT2D eigenvalue weighted by molar-refractivity contribution is 6.04. The third-order valence-corrected chi connectivity index (χ3v) is 4.44. The zero-order chi connectivity index (χ0) is 18.3. The van der Waals surface area contributed by atoms with Crippen LogP contribution in [0.3, 0.4) is 0 Å². The Bertz CT molecular complexity index is 1110. The lowest BCUT2D eigenvalue weighted by Gasteiger charge is -2.09. The lowest BCUT2D eigenvalue weighted by atomic mass is 9.98. The Labute approximate surface area is 148 Å². The number of carboxylic acids is 1. The monoisotopic (exact) mass is 345 g/mol. The minimum atomic E-state index is -0.973. The van der Waals surface area contributed by atoms with Crippen LogP contribution >= 0.6 is 0 Å². The fraction of sp³-hybridized carbons (Fsp3) is 0. The van der Waals surface area contributed by atoms with Crippen molar-refractivity contribution in [2.45, 2.75) is 0 Å². The molecule has 0 unspecified atom stereocenters. The largest absolute Gasteiger partial charge is 0.507 e. The van der Waals surface area contributed by atoms with E-state index in [1.807, 2.05) is 42.5 Å². The quantitative estimate of drug-likeness (QED) is 0.436. The molecule has 4 N–H and O–H groups in total. The molecule has 4 aromatic rings. The molecule has 0 saturated heterocycles. The standard InChI is InChI=1S/C21H15NO4/c23-18-2-1-3-19(24)20(18)13-6-4-12(5-7-13)14-8-9-17-15(10-14)16(11-22-17)21(25)26/h1-11,22-24H,(H,25,26). The third kappa shape index (κ3) is 2.56. The van der Waals surface area contributed by atoms with Gasteiger partial charge in [0.1, 0.15) is 11.5 Å². The van der Waals surface area contributed by atoms with Crippen LogP contribution in [0.25, 0.3) is 33.2 Å². The van der Waals surface area contributed by atoms with Crippen LogP contribution in [0.4, 0.5) is 0 Å². The number of carbonyl (C=O) groups is 1. The summed E-state index contributed by atoms with van der Waals surface area (Å²) < 4.78 is 0. The first-order chi connectivity index (χ1) is 12.5. The van der Waals surface area contributed by atoms with Gasteiger partial charge in [-0.3, -0.25) is 0 Å². The third-order valence-electron chi connectivity index (χ3n) is 4.44. The number of hydrogen-bond donors (Lipinski definition) is 4. The molecular weight excluding hydrogens is 330 g/mol. The van der Waals surface area contributed by atoms with Crippen molar-refractivity contribution in [2.24, 2.45) is 0 Å². The Morgan fingerprint density at radius 2 is 1.42 bits per heavy atom. The van der Waals surface area contributed by atoms with E-state index < -0.39 is 5.97 Å². The first-order valence-electron chi connectivity index (χ1n) is 8.01. The molecule has 5 heteroatoms. The summed E-state index contributed by atoms with van der Waals surface area (Å²) in [6, 6.07) is 17.6. The number of fused-ring (bicyclic) bond motifs is 1. The molecule has 26 heavy (non-hydrogen) atoms. The number of aromatic carboxylic acids is 1. The van der Waals surface area contributed by atoms with E-state index >= 15 is 0 Å². The molecule has 0 bridgehead atoms. The van der Waals surface area contributed by atoms with Gasteiger partial charge in [0.15, 0.2) is 0 Å². The van der Waals surface area contributed by atoms with Gasteiger partial charge in [-0.25, -0.2) is 4.79 Å². The molecule has 1 heterocycles. The number of carboxylic acid groups (broad SMARTS) is 1. The average Bonchev–Trinajstić information content (AvgIpc) is 3.05. The summed E-state index contributed by atoms with van der Waals surface area (Å²) in [5, 5.41) is 29.9. The second-order valence-electron chi connectivity index (χ2n) is 6.02. The second-order valence-corrected chi connectivity index (χ2v) is 6.02. The first-order valence-corrected chi connectivity index (χ1v) is 8.01. The van der Waals surface area contributed by atoms with Crippen LogP contribution in [0.1, 0.15) is 10.4 Å². The summed E-state index contributed by atoms with van der Waals surface area (Å²) in [6.07, 6.45) is 1.49. The molecule has 3 aromatic carbocycles. The minimum Gasteiger partial charge on any atom is -0.507 e. The summed E-state index contributed by atoms with van der Waals surface area (Å²) in [5.41, 5.74) is 3.86. The summed E-state index contributed by atoms with van der Waals surface area (Å²) in [4.78, 5) is 14.3. The van der Waals surface area contributed by atoms with Gasteiger partial charge in [-0.15, -0.1) is 0 Å². The SMILES string of the molecule is O=C(O)c1c[nH]c2ccc(-c3ccc(-c4c(O)cccc4O)cc3)cc12. The molecule has 128 valence electrons. The highest BCUT2D eigenvalue weighted by Crippen LogP contribution is 2.37. The topological polar surface area (TPSA) is 93.5 Å². The molecule has 0 fully saturated rings. The van der Waals surface area contributed by atoms with Gasteiger partial charge < -0.3 is 20.3 Å². The number of benzene rings is 3. The number of phenols is 2. The van der Waals surface area contributed by atoms with Crippen LogP contribution in [-0.4, -0.2) is 26.3 Å². The number of aromatic nitrogens is 1. The lowest BCUT2D eigenvalue weighted by Crippen LogP contribution is -1.93. The van der Waals surface area contributed by atoms with E-state index in [9.17, 15) is 20.1 Å². The Hall–Kier alpha value is -3.73. The molecule has 0 aliphatic rings. The smallest absolute Gasteiger partial charge is 0.337 e. The van der Waals surface area contributed by atoms with E-state index in [0.29, 0.717) is 16.5 Å². The van der Waals surface area contributed by atoms with Gasteiger partial charge in [-0.2, -0.15) is 0 Å². The summed E-state index contributed by atoms with van der Waals surface area (Å²) >= 11 is 0. The number of H-pyrrole nitrogens is 1. The maximum atomic E-state index is 11.3. The van der Waals surface area contributed by atoms with Crippen molar-refractivity contribution in [3.05, 3.63) is 72.4 Å². The van der Waals surface area contributed by atoms with Crippen LogP contribution in [0.15, 0.2) is 66.9 Å². The Balaban J connectivity index is 1.76. The molecule has 0 saturated carbocycles. The van der Waals surface area contributed by atoms with Gasteiger partial charge in [0.25, 0.3) is 0 Å². The van der Waals surface area contributed by atoms with E-state index in [2.05, 4.69) is 4.98 Å². The summed E-state index contributed by atoms with van der Waals surface area (Å²) in [7, 11) is 0. The van der Waals surface area contributed by atoms with Crippen molar-refractivity contribution in [1.82, 2.24) is 4.98 Å². The fourth-order valence-corrected chi connectivity index (χ4v) is 3.13. The molecule has 0 spiro atoms. The van der Waals surface area contributed by atoms with E-state index in [0.717, 1.165) is 16.6 Å². The molecule has 1 aromatic heterocycles. The molecule has 0 amide bonds. The van der Waals surface area contributed by atoms with Crippen LogP contribution < -0.4 is 0 Å². The zero-order valence-corrected chi connectivity index (χ0v) is 13.6. The maximum Gasteiger partial charge on any atom is 0.337 e. The predicted molar refractivity (Wildman–Crippen MR) is 99.5 cm³/mol. The van der Waals surface area contributed by atoms with Gasteiger partial charge in [0.2, 0.25) is 0 Å². The number of nitrogens with one attached hydrogen (secondary N) is 1.